The number of ether oxygens (including phenoxy) is 4. The van der Waals surface area contributed by atoms with Crippen LogP contribution in [-0.2, 0) is 38.8 Å². The highest BCUT2D eigenvalue weighted by atomic mass is 16.6. The number of benzene rings is 4. The van der Waals surface area contributed by atoms with E-state index in [0.717, 1.165) is 33.3 Å². The molecular weight excluding hydrogens is 514 g/mol. The van der Waals surface area contributed by atoms with E-state index in [4.69, 9.17) is 18.9 Å². The Morgan fingerprint density at radius 2 is 1.17 bits per heavy atom. The first-order valence-electron chi connectivity index (χ1n) is 14.1. The van der Waals surface area contributed by atoms with Crippen LogP contribution in [0.2, 0.25) is 0 Å². The van der Waals surface area contributed by atoms with E-state index in [1.54, 1.807) is 0 Å². The minimum Gasteiger partial charge on any atom is -0.387 e. The Bertz CT molecular complexity index is 1460. The normalized spacial score (nSPS) is 22.6. The number of rotatable bonds is 11. The summed E-state index contributed by atoms with van der Waals surface area (Å²) < 4.78 is 25.8. The smallest absolute Gasteiger partial charge is 0.126 e. The molecule has 0 amide bonds. The summed E-state index contributed by atoms with van der Waals surface area (Å²) in [4.78, 5) is 3.44. The van der Waals surface area contributed by atoms with Gasteiger partial charge in [-0.1, -0.05) is 109 Å². The van der Waals surface area contributed by atoms with E-state index >= 15 is 0 Å². The molecule has 2 heterocycles. The molecular formula is C35H35NO5. The fraction of sp³-hybridized carbons (Fsp3) is 0.257. The molecule has 0 spiro atoms. The molecule has 41 heavy (non-hydrogen) atoms. The number of para-hydroxylation sites is 1. The van der Waals surface area contributed by atoms with E-state index in [9.17, 15) is 5.11 Å². The molecule has 2 N–H and O–H groups in total. The molecule has 1 fully saturated rings. The summed E-state index contributed by atoms with van der Waals surface area (Å²) in [5.41, 5.74) is 4.91. The zero-order valence-electron chi connectivity index (χ0n) is 22.8. The van der Waals surface area contributed by atoms with E-state index in [1.165, 1.54) is 0 Å². The van der Waals surface area contributed by atoms with Crippen LogP contribution in [0.5, 0.6) is 0 Å². The number of aliphatic hydroxyl groups is 1. The predicted molar refractivity (Wildman–Crippen MR) is 158 cm³/mol. The Kier molecular flexibility index (Phi) is 8.86. The SMILES string of the molecule is O[C@H]1[C@@H](OCc2ccccc2)[C@H](OCc2ccccc2)[C@@H](COCc2ccccc2)O[C@H]1c1cc2ccccc2[nH]1. The quantitative estimate of drug-likeness (QED) is 0.201. The van der Waals surface area contributed by atoms with Crippen molar-refractivity contribution in [3.8, 4) is 0 Å². The zero-order chi connectivity index (χ0) is 27.9. The van der Waals surface area contributed by atoms with Crippen molar-refractivity contribution in [1.82, 2.24) is 4.98 Å². The zero-order valence-corrected chi connectivity index (χ0v) is 22.8. The first kappa shape index (κ1) is 27.4. The van der Waals surface area contributed by atoms with Crippen LogP contribution in [0.4, 0.5) is 0 Å². The van der Waals surface area contributed by atoms with Crippen molar-refractivity contribution in [2.24, 2.45) is 0 Å². The monoisotopic (exact) mass is 549 g/mol. The molecule has 0 radical (unpaired) electrons. The molecule has 0 bridgehead atoms. The molecule has 6 heteroatoms. The van der Waals surface area contributed by atoms with E-state index < -0.39 is 30.5 Å². The Labute approximate surface area is 240 Å². The standard InChI is InChI=1S/C35H35NO5/c37-32-33(30-20-28-18-10-11-19-29(28)36-30)41-31(24-38-21-25-12-4-1-5-13-25)34(39-22-26-14-6-2-7-15-26)35(32)40-23-27-16-8-3-9-17-27/h1-20,31-37H,21-24H2/t31-,32-,33+,34-,35-/m1/s1. The molecule has 6 rings (SSSR count). The minimum atomic E-state index is -0.974. The predicted octanol–water partition coefficient (Wildman–Crippen LogP) is 6.36. The highest BCUT2D eigenvalue weighted by molar-refractivity contribution is 5.80. The largest absolute Gasteiger partial charge is 0.387 e. The molecule has 1 saturated heterocycles. The van der Waals surface area contributed by atoms with Crippen molar-refractivity contribution in [1.29, 1.82) is 0 Å². The fourth-order valence-electron chi connectivity index (χ4n) is 5.36. The second kappa shape index (κ2) is 13.3. The molecule has 210 valence electrons. The van der Waals surface area contributed by atoms with Gasteiger partial charge in [0.2, 0.25) is 0 Å². The van der Waals surface area contributed by atoms with E-state index in [-0.39, 0.29) is 6.61 Å². The number of aromatic amines is 1. The number of hydrogen-bond donors (Lipinski definition) is 2. The topological polar surface area (TPSA) is 72.9 Å². The lowest BCUT2D eigenvalue weighted by Crippen LogP contribution is -2.57. The number of aliphatic hydroxyl groups excluding tert-OH is 1. The highest BCUT2D eigenvalue weighted by Crippen LogP contribution is 2.37. The third-order valence-electron chi connectivity index (χ3n) is 7.48. The number of H-pyrrole nitrogens is 1. The number of aromatic nitrogens is 1. The maximum Gasteiger partial charge on any atom is 0.126 e. The summed E-state index contributed by atoms with van der Waals surface area (Å²) in [6.07, 6.45) is -3.33. The van der Waals surface area contributed by atoms with Gasteiger partial charge in [0.25, 0.3) is 0 Å². The van der Waals surface area contributed by atoms with Crippen molar-refractivity contribution >= 4 is 10.9 Å². The molecule has 0 saturated carbocycles. The molecule has 1 aliphatic rings. The highest BCUT2D eigenvalue weighted by Gasteiger charge is 2.48. The van der Waals surface area contributed by atoms with Crippen LogP contribution in [0, 0.1) is 0 Å². The first-order valence-corrected chi connectivity index (χ1v) is 14.1. The molecule has 5 aromatic rings. The second-order valence-corrected chi connectivity index (χ2v) is 10.4. The van der Waals surface area contributed by atoms with Gasteiger partial charge in [-0.3, -0.25) is 0 Å². The second-order valence-electron chi connectivity index (χ2n) is 10.4. The van der Waals surface area contributed by atoms with Gasteiger partial charge in [0.1, 0.15) is 30.5 Å². The van der Waals surface area contributed by atoms with Crippen LogP contribution in [0.3, 0.4) is 0 Å². The van der Waals surface area contributed by atoms with Gasteiger partial charge in [0.05, 0.1) is 26.4 Å². The lowest BCUT2D eigenvalue weighted by molar-refractivity contribution is -0.264. The number of nitrogens with one attached hydrogen (secondary N) is 1. The lowest BCUT2D eigenvalue weighted by Gasteiger charge is -2.44. The van der Waals surface area contributed by atoms with Gasteiger partial charge in [-0.25, -0.2) is 0 Å². The number of fused-ring (bicyclic) bond motifs is 1. The third kappa shape index (κ3) is 6.76. The van der Waals surface area contributed by atoms with Gasteiger partial charge in [0, 0.05) is 11.2 Å². The van der Waals surface area contributed by atoms with Gasteiger partial charge in [0.15, 0.2) is 0 Å². The van der Waals surface area contributed by atoms with Crippen LogP contribution in [0.15, 0.2) is 121 Å². The van der Waals surface area contributed by atoms with Gasteiger partial charge in [-0.15, -0.1) is 0 Å². The Hall–Kier alpha value is -3.78. The van der Waals surface area contributed by atoms with Gasteiger partial charge in [-0.2, -0.15) is 0 Å². The van der Waals surface area contributed by atoms with Crippen molar-refractivity contribution < 1.29 is 24.1 Å². The summed E-state index contributed by atoms with van der Waals surface area (Å²) in [7, 11) is 0. The molecule has 1 aromatic heterocycles. The Morgan fingerprint density at radius 1 is 0.634 bits per heavy atom. The van der Waals surface area contributed by atoms with E-state index in [0.29, 0.717) is 19.8 Å². The summed E-state index contributed by atoms with van der Waals surface area (Å²) >= 11 is 0. The molecule has 4 aromatic carbocycles. The van der Waals surface area contributed by atoms with E-state index in [2.05, 4.69) is 4.98 Å². The third-order valence-corrected chi connectivity index (χ3v) is 7.48. The van der Waals surface area contributed by atoms with Crippen molar-refractivity contribution in [2.75, 3.05) is 6.61 Å². The molecule has 1 aliphatic heterocycles. The maximum atomic E-state index is 11.8. The van der Waals surface area contributed by atoms with Crippen LogP contribution < -0.4 is 0 Å². The van der Waals surface area contributed by atoms with Gasteiger partial charge in [-0.05, 0) is 34.2 Å². The summed E-state index contributed by atoms with van der Waals surface area (Å²) in [5, 5.41) is 12.8. The van der Waals surface area contributed by atoms with Crippen LogP contribution >= 0.6 is 0 Å². The average molecular weight is 550 g/mol. The van der Waals surface area contributed by atoms with Crippen LogP contribution in [0.1, 0.15) is 28.5 Å². The van der Waals surface area contributed by atoms with Crippen LogP contribution in [0.25, 0.3) is 10.9 Å². The molecule has 5 atom stereocenters. The summed E-state index contributed by atoms with van der Waals surface area (Å²) in [6.45, 7) is 1.42. The molecule has 6 nitrogen and oxygen atoms in total. The van der Waals surface area contributed by atoms with Crippen LogP contribution in [-0.4, -0.2) is 41.1 Å². The van der Waals surface area contributed by atoms with Crippen molar-refractivity contribution in [3.63, 3.8) is 0 Å². The molecule has 0 unspecified atom stereocenters. The average Bonchev–Trinajstić information content (AvgIpc) is 3.46. The van der Waals surface area contributed by atoms with Gasteiger partial charge >= 0.3 is 0 Å². The Morgan fingerprint density at radius 3 is 1.78 bits per heavy atom. The van der Waals surface area contributed by atoms with Crippen molar-refractivity contribution in [2.45, 2.75) is 50.3 Å². The first-order chi connectivity index (χ1) is 20.2. The number of hydrogen-bond acceptors (Lipinski definition) is 5. The minimum absolute atomic E-state index is 0.281. The Balaban J connectivity index is 1.28. The molecule has 0 aliphatic carbocycles. The van der Waals surface area contributed by atoms with E-state index in [1.807, 2.05) is 121 Å². The van der Waals surface area contributed by atoms with Gasteiger partial charge < -0.3 is 29.0 Å². The summed E-state index contributed by atoms with van der Waals surface area (Å²) in [5.74, 6) is 0. The maximum absolute atomic E-state index is 11.8. The fourth-order valence-corrected chi connectivity index (χ4v) is 5.36. The van der Waals surface area contributed by atoms with Crippen molar-refractivity contribution in [3.05, 3.63) is 144 Å². The lowest BCUT2D eigenvalue weighted by atomic mass is 9.92. The summed E-state index contributed by atoms with van der Waals surface area (Å²) in [6, 6.07) is 40.1.